The summed E-state index contributed by atoms with van der Waals surface area (Å²) < 4.78 is 58.9. The molecular weight excluding hydrogens is 439 g/mol. The molecule has 0 saturated carbocycles. The lowest BCUT2D eigenvalue weighted by Gasteiger charge is -2.23. The third-order valence-corrected chi connectivity index (χ3v) is 6.12. The molecule has 33 heavy (non-hydrogen) atoms. The quantitative estimate of drug-likeness (QED) is 0.581. The van der Waals surface area contributed by atoms with Gasteiger partial charge in [-0.25, -0.2) is 0 Å². The van der Waals surface area contributed by atoms with E-state index in [0.29, 0.717) is 34.1 Å². The fourth-order valence-electron chi connectivity index (χ4n) is 4.75. The highest BCUT2D eigenvalue weighted by atomic mass is 19.4. The van der Waals surface area contributed by atoms with Gasteiger partial charge in [0, 0.05) is 17.3 Å². The first kappa shape index (κ1) is 19.8. The zero-order chi connectivity index (χ0) is 22.8. The summed E-state index contributed by atoms with van der Waals surface area (Å²) in [6.45, 7) is 0.277. The number of nitrogens with zero attached hydrogens (tertiary/aromatic N) is 1. The largest absolute Gasteiger partial charge is 0.573 e. The second-order valence-corrected chi connectivity index (χ2v) is 8.00. The van der Waals surface area contributed by atoms with Crippen molar-refractivity contribution < 1.29 is 36.9 Å². The van der Waals surface area contributed by atoms with Gasteiger partial charge in [-0.05, 0) is 35.4 Å². The van der Waals surface area contributed by atoms with E-state index in [0.717, 1.165) is 5.56 Å². The summed E-state index contributed by atoms with van der Waals surface area (Å²) in [6.07, 6.45) is -4.80. The van der Waals surface area contributed by atoms with Gasteiger partial charge < -0.3 is 23.8 Å². The van der Waals surface area contributed by atoms with Crippen LogP contribution >= 0.6 is 0 Å². The van der Waals surface area contributed by atoms with Crippen LogP contribution in [-0.2, 0) is 16.8 Å². The van der Waals surface area contributed by atoms with Crippen molar-refractivity contribution >= 4 is 11.6 Å². The summed E-state index contributed by atoms with van der Waals surface area (Å²) in [6, 6.07) is 16.5. The van der Waals surface area contributed by atoms with Crippen LogP contribution in [0, 0.1) is 0 Å². The Kier molecular flexibility index (Phi) is 4.08. The summed E-state index contributed by atoms with van der Waals surface area (Å²) in [5, 5.41) is 0. The third kappa shape index (κ3) is 2.99. The topological polar surface area (TPSA) is 57.2 Å². The van der Waals surface area contributed by atoms with Crippen LogP contribution in [-0.4, -0.2) is 25.7 Å². The van der Waals surface area contributed by atoms with Gasteiger partial charge in [-0.1, -0.05) is 30.3 Å². The first-order valence-corrected chi connectivity index (χ1v) is 10.2. The Bertz CT molecular complexity index is 1290. The Labute approximate surface area is 186 Å². The summed E-state index contributed by atoms with van der Waals surface area (Å²) in [5.74, 6) is 1.09. The van der Waals surface area contributed by atoms with E-state index in [1.165, 1.54) is 18.2 Å². The van der Waals surface area contributed by atoms with Crippen LogP contribution in [0.1, 0.15) is 16.7 Å². The molecule has 1 unspecified atom stereocenters. The molecule has 0 fully saturated rings. The van der Waals surface area contributed by atoms with Crippen molar-refractivity contribution in [1.29, 1.82) is 0 Å². The number of ether oxygens (including phenoxy) is 4. The average Bonchev–Trinajstić information content (AvgIpc) is 3.44. The van der Waals surface area contributed by atoms with E-state index in [9.17, 15) is 18.0 Å². The first-order chi connectivity index (χ1) is 15.8. The predicted molar refractivity (Wildman–Crippen MR) is 110 cm³/mol. The van der Waals surface area contributed by atoms with Gasteiger partial charge in [-0.2, -0.15) is 0 Å². The zero-order valence-corrected chi connectivity index (χ0v) is 17.0. The number of rotatable bonds is 3. The van der Waals surface area contributed by atoms with Gasteiger partial charge in [0.2, 0.25) is 12.7 Å². The number of anilines is 1. The van der Waals surface area contributed by atoms with E-state index >= 15 is 0 Å². The molecule has 3 aromatic carbocycles. The Morgan fingerprint density at radius 2 is 1.70 bits per heavy atom. The molecule has 6 nitrogen and oxygen atoms in total. The van der Waals surface area contributed by atoms with Crippen molar-refractivity contribution in [3.05, 3.63) is 77.4 Å². The Morgan fingerprint density at radius 3 is 2.52 bits per heavy atom. The molecule has 6 rings (SSSR count). The van der Waals surface area contributed by atoms with E-state index in [-0.39, 0.29) is 31.6 Å². The molecule has 0 N–H and O–H groups in total. The number of halogens is 3. The molecule has 0 aromatic heterocycles. The summed E-state index contributed by atoms with van der Waals surface area (Å²) >= 11 is 0. The summed E-state index contributed by atoms with van der Waals surface area (Å²) in [4.78, 5) is 15.5. The van der Waals surface area contributed by atoms with Gasteiger partial charge in [0.15, 0.2) is 11.5 Å². The minimum atomic E-state index is -4.80. The summed E-state index contributed by atoms with van der Waals surface area (Å²) in [5.41, 5.74) is 1.56. The van der Waals surface area contributed by atoms with Gasteiger partial charge in [-0.3, -0.25) is 4.79 Å². The molecule has 3 aromatic rings. The number of amides is 1. The highest BCUT2D eigenvalue weighted by Crippen LogP contribution is 2.55. The molecule has 0 aliphatic carbocycles. The lowest BCUT2D eigenvalue weighted by atomic mass is 9.77. The average molecular weight is 455 g/mol. The fraction of sp³-hybridized carbons (Fsp3) is 0.208. The molecule has 0 saturated heterocycles. The van der Waals surface area contributed by atoms with Crippen molar-refractivity contribution in [2.75, 3.05) is 18.3 Å². The van der Waals surface area contributed by atoms with Gasteiger partial charge in [0.05, 0.1) is 6.54 Å². The van der Waals surface area contributed by atoms with E-state index in [1.54, 1.807) is 23.1 Å². The molecule has 1 atom stereocenters. The smallest absolute Gasteiger partial charge is 0.491 e. The normalized spacial score (nSPS) is 20.1. The second kappa shape index (κ2) is 6.81. The second-order valence-electron chi connectivity index (χ2n) is 8.00. The van der Waals surface area contributed by atoms with Crippen molar-refractivity contribution in [3.63, 3.8) is 0 Å². The molecular formula is C24H16F3NO5. The van der Waals surface area contributed by atoms with Crippen molar-refractivity contribution in [2.24, 2.45) is 0 Å². The van der Waals surface area contributed by atoms with Crippen LogP contribution in [0.25, 0.3) is 0 Å². The Hall–Kier alpha value is -3.88. The fourth-order valence-corrected chi connectivity index (χ4v) is 4.75. The lowest BCUT2D eigenvalue weighted by molar-refractivity contribution is -0.274. The van der Waals surface area contributed by atoms with Crippen molar-refractivity contribution in [1.82, 2.24) is 0 Å². The highest BCUT2D eigenvalue weighted by molar-refractivity contribution is 6.11. The van der Waals surface area contributed by atoms with Gasteiger partial charge in [-0.15, -0.1) is 13.2 Å². The van der Waals surface area contributed by atoms with Crippen LogP contribution in [0.5, 0.6) is 23.0 Å². The molecule has 3 aliphatic heterocycles. The van der Waals surface area contributed by atoms with Crippen LogP contribution in [0.2, 0.25) is 0 Å². The minimum absolute atomic E-state index is 0.0759. The molecule has 168 valence electrons. The Balaban J connectivity index is 1.41. The zero-order valence-electron chi connectivity index (χ0n) is 17.0. The number of alkyl halides is 3. The number of hydrogen-bond donors (Lipinski definition) is 0. The van der Waals surface area contributed by atoms with Crippen LogP contribution in [0.4, 0.5) is 18.9 Å². The number of fused-ring (bicyclic) bond motifs is 5. The maximum atomic E-state index is 13.9. The number of carbonyl (C=O) groups excluding carboxylic acids is 1. The SMILES string of the molecule is O=C1N(Cc2cccc(OC(F)(F)F)c2)c2ccccc2C12COc1cc3c(cc12)OCO3. The number of carbonyl (C=O) groups is 1. The lowest BCUT2D eigenvalue weighted by Crippen LogP contribution is -2.42. The van der Waals surface area contributed by atoms with Crippen molar-refractivity contribution in [3.8, 4) is 23.0 Å². The van der Waals surface area contributed by atoms with E-state index in [4.69, 9.17) is 14.2 Å². The molecule has 1 spiro atoms. The summed E-state index contributed by atoms with van der Waals surface area (Å²) in [7, 11) is 0. The molecule has 1 amide bonds. The van der Waals surface area contributed by atoms with Gasteiger partial charge in [0.1, 0.15) is 23.5 Å². The third-order valence-electron chi connectivity index (χ3n) is 6.12. The molecule has 3 aliphatic rings. The molecule has 3 heterocycles. The van der Waals surface area contributed by atoms with Crippen LogP contribution in [0.15, 0.2) is 60.7 Å². The maximum absolute atomic E-state index is 13.9. The Morgan fingerprint density at radius 1 is 0.909 bits per heavy atom. The number of hydrogen-bond acceptors (Lipinski definition) is 5. The van der Waals surface area contributed by atoms with E-state index in [1.807, 2.05) is 24.3 Å². The van der Waals surface area contributed by atoms with E-state index in [2.05, 4.69) is 4.74 Å². The molecule has 9 heteroatoms. The monoisotopic (exact) mass is 455 g/mol. The van der Waals surface area contributed by atoms with Gasteiger partial charge >= 0.3 is 6.36 Å². The van der Waals surface area contributed by atoms with Crippen LogP contribution in [0.3, 0.4) is 0 Å². The predicted octanol–water partition coefficient (Wildman–Crippen LogP) is 4.54. The minimum Gasteiger partial charge on any atom is -0.491 e. The maximum Gasteiger partial charge on any atom is 0.573 e. The highest BCUT2D eigenvalue weighted by Gasteiger charge is 2.57. The number of para-hydroxylation sites is 1. The molecule has 0 radical (unpaired) electrons. The standard InChI is InChI=1S/C24H16F3NO5/c25-24(26,27)33-15-5-3-4-14(8-15)11-28-18-7-2-1-6-16(18)23(22(28)29)12-30-19-10-21-20(9-17(19)23)31-13-32-21/h1-10H,11-13H2. The number of benzene rings is 3. The van der Waals surface area contributed by atoms with Gasteiger partial charge in [0.25, 0.3) is 0 Å². The van der Waals surface area contributed by atoms with Crippen molar-refractivity contribution in [2.45, 2.75) is 18.3 Å². The van der Waals surface area contributed by atoms with Crippen LogP contribution < -0.4 is 23.8 Å². The molecule has 0 bridgehead atoms. The van der Waals surface area contributed by atoms with E-state index < -0.39 is 11.8 Å². The first-order valence-electron chi connectivity index (χ1n) is 10.2.